The molecule has 0 saturated heterocycles. The van der Waals surface area contributed by atoms with E-state index in [0.717, 1.165) is 13.8 Å². The van der Waals surface area contributed by atoms with E-state index in [-0.39, 0.29) is 5.56 Å². The van der Waals surface area contributed by atoms with Crippen molar-refractivity contribution in [2.24, 2.45) is 0 Å². The van der Waals surface area contributed by atoms with E-state index in [1.807, 2.05) is 0 Å². The Bertz CT molecular complexity index is 629. The van der Waals surface area contributed by atoms with Crippen LogP contribution in [0.1, 0.15) is 24.2 Å². The molecule has 0 heterocycles. The summed E-state index contributed by atoms with van der Waals surface area (Å²) < 4.78 is 4.99. The van der Waals surface area contributed by atoms with Crippen LogP contribution in [0.2, 0.25) is 0 Å². The average molecular weight is 370 g/mol. The highest BCUT2D eigenvalue weighted by molar-refractivity contribution is 6.11. The first-order valence-corrected chi connectivity index (χ1v) is 7.73. The average Bonchev–Trinajstić information content (AvgIpc) is 2.63. The lowest BCUT2D eigenvalue weighted by Crippen LogP contribution is -2.64. The number of benzene rings is 1. The summed E-state index contributed by atoms with van der Waals surface area (Å²) in [4.78, 5) is 36.5. The first-order valence-electron chi connectivity index (χ1n) is 7.73. The third-order valence-electron chi connectivity index (χ3n) is 3.98. The number of esters is 1. The number of carbonyl (C=O) groups is 3. The largest absolute Gasteiger partial charge is 0.436 e. The molecule has 0 amide bonds. The first-order chi connectivity index (χ1) is 12.1. The molecule has 4 atom stereocenters. The number of Topliss-reactive ketones (excluding diaryl/α,β-unsaturated/α-hetero) is 2. The van der Waals surface area contributed by atoms with Crippen LogP contribution in [-0.4, -0.2) is 79.7 Å². The number of ketones is 2. The van der Waals surface area contributed by atoms with Crippen molar-refractivity contribution in [3.63, 3.8) is 0 Å². The van der Waals surface area contributed by atoms with Crippen LogP contribution in [0.4, 0.5) is 0 Å². The number of aliphatic hydroxyl groups is 5. The fraction of sp³-hybridized carbons (Fsp3) is 0.471. The van der Waals surface area contributed by atoms with E-state index in [0.29, 0.717) is 0 Å². The van der Waals surface area contributed by atoms with E-state index in [4.69, 9.17) is 9.84 Å². The first kappa shape index (κ1) is 21.9. The quantitative estimate of drug-likeness (QED) is 0.249. The van der Waals surface area contributed by atoms with E-state index in [9.17, 15) is 34.8 Å². The smallest absolute Gasteiger partial charge is 0.339 e. The van der Waals surface area contributed by atoms with Gasteiger partial charge in [-0.3, -0.25) is 9.59 Å². The van der Waals surface area contributed by atoms with Gasteiger partial charge in [-0.2, -0.15) is 0 Å². The highest BCUT2D eigenvalue weighted by Gasteiger charge is 2.55. The number of rotatable bonds is 9. The highest BCUT2D eigenvalue weighted by Crippen LogP contribution is 2.26. The van der Waals surface area contributed by atoms with E-state index in [2.05, 4.69) is 0 Å². The van der Waals surface area contributed by atoms with Gasteiger partial charge in [0, 0.05) is 0 Å². The van der Waals surface area contributed by atoms with Gasteiger partial charge in [0.25, 0.3) is 5.60 Å². The standard InChI is InChI=1S/C17H22O9/c1-9(19)17(10(2)20,15(24)14(23)13(22)12(21)8-18)26-16(25)11-6-4-3-5-7-11/h3-7,12-15,18,21-24H,8H2,1-2H3. The van der Waals surface area contributed by atoms with Gasteiger partial charge < -0.3 is 30.3 Å². The van der Waals surface area contributed by atoms with Crippen LogP contribution >= 0.6 is 0 Å². The summed E-state index contributed by atoms with van der Waals surface area (Å²) in [5.41, 5.74) is -2.82. The Balaban J connectivity index is 3.28. The van der Waals surface area contributed by atoms with Gasteiger partial charge in [-0.05, 0) is 26.0 Å². The molecule has 0 saturated carbocycles. The van der Waals surface area contributed by atoms with E-state index in [1.54, 1.807) is 6.07 Å². The minimum atomic E-state index is -2.80. The summed E-state index contributed by atoms with van der Waals surface area (Å²) in [5, 5.41) is 48.4. The molecule has 1 aromatic carbocycles. The maximum atomic E-state index is 12.3. The lowest BCUT2D eigenvalue weighted by molar-refractivity contribution is -0.185. The summed E-state index contributed by atoms with van der Waals surface area (Å²) in [6, 6.07) is 7.32. The summed E-state index contributed by atoms with van der Waals surface area (Å²) in [7, 11) is 0. The van der Waals surface area contributed by atoms with E-state index < -0.39 is 54.2 Å². The molecule has 4 unspecified atom stereocenters. The Morgan fingerprint density at radius 2 is 1.46 bits per heavy atom. The third kappa shape index (κ3) is 4.32. The Hall–Kier alpha value is -2.17. The van der Waals surface area contributed by atoms with Gasteiger partial charge in [-0.25, -0.2) is 4.79 Å². The van der Waals surface area contributed by atoms with Crippen LogP contribution in [-0.2, 0) is 14.3 Å². The second kappa shape index (κ2) is 8.97. The zero-order valence-electron chi connectivity index (χ0n) is 14.3. The highest BCUT2D eigenvalue weighted by atomic mass is 16.6. The SMILES string of the molecule is CC(=O)C(OC(=O)c1ccccc1)(C(C)=O)C(O)C(O)C(O)C(O)CO. The van der Waals surface area contributed by atoms with Crippen LogP contribution in [0.25, 0.3) is 0 Å². The van der Waals surface area contributed by atoms with Crippen LogP contribution in [0.3, 0.4) is 0 Å². The number of hydrogen-bond acceptors (Lipinski definition) is 9. The molecule has 0 radical (unpaired) electrons. The molecule has 0 aromatic heterocycles. The maximum absolute atomic E-state index is 12.3. The molecule has 0 aliphatic rings. The molecule has 1 aromatic rings. The zero-order chi connectivity index (χ0) is 20.1. The van der Waals surface area contributed by atoms with E-state index >= 15 is 0 Å². The van der Waals surface area contributed by atoms with Gasteiger partial charge in [0.2, 0.25) is 0 Å². The zero-order valence-corrected chi connectivity index (χ0v) is 14.3. The Morgan fingerprint density at radius 3 is 1.88 bits per heavy atom. The summed E-state index contributed by atoms with van der Waals surface area (Å²) in [6.45, 7) is 0.775. The molecular formula is C17H22O9. The molecule has 0 aliphatic carbocycles. The molecule has 0 fully saturated rings. The van der Waals surface area contributed by atoms with Crippen molar-refractivity contribution in [1.82, 2.24) is 0 Å². The third-order valence-corrected chi connectivity index (χ3v) is 3.98. The molecule has 9 nitrogen and oxygen atoms in total. The van der Waals surface area contributed by atoms with Crippen molar-refractivity contribution in [2.45, 2.75) is 43.9 Å². The molecule has 0 bridgehead atoms. The van der Waals surface area contributed by atoms with Crippen molar-refractivity contribution in [2.75, 3.05) is 6.61 Å². The van der Waals surface area contributed by atoms with Gasteiger partial charge in [-0.15, -0.1) is 0 Å². The Morgan fingerprint density at radius 1 is 0.962 bits per heavy atom. The van der Waals surface area contributed by atoms with Crippen LogP contribution < -0.4 is 0 Å². The van der Waals surface area contributed by atoms with Crippen molar-refractivity contribution in [1.29, 1.82) is 0 Å². The lowest BCUT2D eigenvalue weighted by atomic mass is 9.82. The molecule has 26 heavy (non-hydrogen) atoms. The normalized spacial score (nSPS) is 16.3. The fourth-order valence-electron chi connectivity index (χ4n) is 2.41. The van der Waals surface area contributed by atoms with Crippen LogP contribution in [0, 0.1) is 0 Å². The van der Waals surface area contributed by atoms with Crippen molar-refractivity contribution in [3.8, 4) is 0 Å². The number of carbonyl (C=O) groups excluding carboxylic acids is 3. The van der Waals surface area contributed by atoms with Crippen molar-refractivity contribution < 1.29 is 44.7 Å². The molecular weight excluding hydrogens is 348 g/mol. The second-order valence-corrected chi connectivity index (χ2v) is 5.78. The van der Waals surface area contributed by atoms with Crippen molar-refractivity contribution >= 4 is 17.5 Å². The van der Waals surface area contributed by atoms with Gasteiger partial charge in [0.05, 0.1) is 12.2 Å². The monoisotopic (exact) mass is 370 g/mol. The fourth-order valence-corrected chi connectivity index (χ4v) is 2.41. The van der Waals surface area contributed by atoms with Crippen LogP contribution in [0.15, 0.2) is 30.3 Å². The molecule has 1 rings (SSSR count). The van der Waals surface area contributed by atoms with E-state index in [1.165, 1.54) is 24.3 Å². The molecule has 9 heteroatoms. The Labute approximate surface area is 149 Å². The minimum Gasteiger partial charge on any atom is -0.436 e. The molecule has 5 N–H and O–H groups in total. The van der Waals surface area contributed by atoms with Crippen molar-refractivity contribution in [3.05, 3.63) is 35.9 Å². The maximum Gasteiger partial charge on any atom is 0.339 e. The van der Waals surface area contributed by atoms with Gasteiger partial charge in [-0.1, -0.05) is 18.2 Å². The lowest BCUT2D eigenvalue weighted by Gasteiger charge is -2.37. The van der Waals surface area contributed by atoms with Crippen LogP contribution in [0.5, 0.6) is 0 Å². The molecule has 0 aliphatic heterocycles. The topological polar surface area (TPSA) is 162 Å². The number of ether oxygens (including phenoxy) is 1. The molecule has 144 valence electrons. The van der Waals surface area contributed by atoms with Gasteiger partial charge in [0.1, 0.15) is 24.4 Å². The predicted molar refractivity (Wildman–Crippen MR) is 87.1 cm³/mol. The van der Waals surface area contributed by atoms with Gasteiger partial charge in [0.15, 0.2) is 11.6 Å². The Kier molecular flexibility index (Phi) is 7.54. The van der Waals surface area contributed by atoms with Gasteiger partial charge >= 0.3 is 5.97 Å². The summed E-state index contributed by atoms with van der Waals surface area (Å²) in [6.07, 6.45) is -8.63. The molecule has 0 spiro atoms. The summed E-state index contributed by atoms with van der Waals surface area (Å²) in [5.74, 6) is -3.29. The number of hydrogen-bond donors (Lipinski definition) is 5. The predicted octanol–water partition coefficient (Wildman–Crippen LogP) is -1.80. The summed E-state index contributed by atoms with van der Waals surface area (Å²) >= 11 is 0. The number of aliphatic hydroxyl groups excluding tert-OH is 5. The minimum absolute atomic E-state index is 0.0167. The second-order valence-electron chi connectivity index (χ2n) is 5.78.